The van der Waals surface area contributed by atoms with E-state index in [1.165, 1.54) is 0 Å². The minimum absolute atomic E-state index is 0.203. The molecule has 0 spiro atoms. The van der Waals surface area contributed by atoms with Gasteiger partial charge < -0.3 is 0 Å². The van der Waals surface area contributed by atoms with Crippen LogP contribution in [0.3, 0.4) is 0 Å². The van der Waals surface area contributed by atoms with Crippen LogP contribution in [0.2, 0.25) is 0 Å². The van der Waals surface area contributed by atoms with E-state index in [0.29, 0.717) is 17.9 Å². The summed E-state index contributed by atoms with van der Waals surface area (Å²) in [5.41, 5.74) is 0. The fourth-order valence-corrected chi connectivity index (χ4v) is 2.22. The normalized spacial score (nSPS) is 19.8. The van der Waals surface area contributed by atoms with Crippen molar-refractivity contribution in [2.45, 2.75) is 65.3 Å². The molecule has 0 aromatic heterocycles. The van der Waals surface area contributed by atoms with Crippen molar-refractivity contribution in [3.05, 3.63) is 0 Å². The van der Waals surface area contributed by atoms with Crippen LogP contribution in [-0.4, -0.2) is 35.3 Å². The molecular weight excluding hydrogens is 255 g/mol. The lowest BCUT2D eigenvalue weighted by molar-refractivity contribution is -0.236. The average molecular weight is 279 g/mol. The van der Waals surface area contributed by atoms with Crippen LogP contribution in [0.1, 0.15) is 52.9 Å². The van der Waals surface area contributed by atoms with Gasteiger partial charge in [-0.3, -0.25) is 9.91 Å². The Labute approximate surface area is 113 Å². The number of halogens is 3. The van der Waals surface area contributed by atoms with E-state index in [2.05, 4.69) is 12.0 Å². The molecule has 0 amide bonds. The Hall–Kier alpha value is -0.940. The second-order valence-electron chi connectivity index (χ2n) is 5.44. The molecule has 1 heterocycles. The summed E-state index contributed by atoms with van der Waals surface area (Å²) in [6, 6.07) is 0. The molecular formula is C13H24F3N3. The lowest BCUT2D eigenvalue weighted by Crippen LogP contribution is -2.48. The van der Waals surface area contributed by atoms with Gasteiger partial charge in [0.05, 0.1) is 0 Å². The summed E-state index contributed by atoms with van der Waals surface area (Å²) in [6.07, 6.45) is 0.542. The van der Waals surface area contributed by atoms with Crippen LogP contribution >= 0.6 is 0 Å². The number of unbranched alkanes of at least 4 members (excludes halogenated alkanes) is 3. The van der Waals surface area contributed by atoms with Crippen molar-refractivity contribution in [2.24, 2.45) is 11.0 Å². The molecule has 1 aliphatic rings. The van der Waals surface area contributed by atoms with Crippen LogP contribution in [0, 0.1) is 5.92 Å². The van der Waals surface area contributed by atoms with Gasteiger partial charge >= 0.3 is 6.30 Å². The average Bonchev–Trinajstić information content (AvgIpc) is 2.66. The summed E-state index contributed by atoms with van der Waals surface area (Å²) < 4.78 is 38.7. The summed E-state index contributed by atoms with van der Waals surface area (Å²) in [7, 11) is 0. The lowest BCUT2D eigenvalue weighted by atomic mass is 10.1. The SMILES string of the molecule is CCCCCCN1N=CN(C(F)(F)F)C1CC(C)C. The third-order valence-electron chi connectivity index (χ3n) is 3.21. The first-order chi connectivity index (χ1) is 8.86. The molecule has 1 atom stereocenters. The van der Waals surface area contributed by atoms with Gasteiger partial charge in [0.25, 0.3) is 0 Å². The zero-order valence-corrected chi connectivity index (χ0v) is 12.0. The number of hydrazone groups is 1. The van der Waals surface area contributed by atoms with E-state index >= 15 is 0 Å². The molecule has 0 saturated carbocycles. The molecule has 1 aliphatic heterocycles. The predicted octanol–water partition coefficient (Wildman–Crippen LogP) is 4.02. The summed E-state index contributed by atoms with van der Waals surface area (Å²) in [6.45, 7) is 6.58. The third-order valence-corrected chi connectivity index (χ3v) is 3.21. The monoisotopic (exact) mass is 279 g/mol. The van der Waals surface area contributed by atoms with Crippen molar-refractivity contribution in [1.82, 2.24) is 9.91 Å². The van der Waals surface area contributed by atoms with E-state index in [1.807, 2.05) is 13.8 Å². The van der Waals surface area contributed by atoms with Crippen molar-refractivity contribution < 1.29 is 13.2 Å². The minimum atomic E-state index is -4.35. The zero-order chi connectivity index (χ0) is 14.5. The number of rotatable bonds is 7. The van der Waals surface area contributed by atoms with Crippen LogP contribution in [-0.2, 0) is 0 Å². The van der Waals surface area contributed by atoms with Gasteiger partial charge in [-0.1, -0.05) is 40.0 Å². The molecule has 0 aromatic rings. The summed E-state index contributed by atoms with van der Waals surface area (Å²) in [4.78, 5) is 0.423. The van der Waals surface area contributed by atoms with E-state index in [9.17, 15) is 13.2 Å². The van der Waals surface area contributed by atoms with Gasteiger partial charge in [0.15, 0.2) is 0 Å². The Morgan fingerprint density at radius 1 is 1.21 bits per heavy atom. The fraction of sp³-hybridized carbons (Fsp3) is 0.923. The van der Waals surface area contributed by atoms with Gasteiger partial charge in [0.1, 0.15) is 12.5 Å². The lowest BCUT2D eigenvalue weighted by Gasteiger charge is -2.32. The van der Waals surface area contributed by atoms with Crippen LogP contribution in [0.5, 0.6) is 0 Å². The second kappa shape index (κ2) is 7.01. The first-order valence-corrected chi connectivity index (χ1v) is 7.02. The van der Waals surface area contributed by atoms with Gasteiger partial charge in [-0.25, -0.2) is 0 Å². The summed E-state index contributed by atoms with van der Waals surface area (Å²) >= 11 is 0. The van der Waals surface area contributed by atoms with E-state index < -0.39 is 12.5 Å². The Bertz CT molecular complexity index is 289. The molecule has 112 valence electrons. The highest BCUT2D eigenvalue weighted by molar-refractivity contribution is 5.57. The number of alkyl halides is 3. The first-order valence-electron chi connectivity index (χ1n) is 7.02. The van der Waals surface area contributed by atoms with Crippen LogP contribution in [0.15, 0.2) is 5.10 Å². The van der Waals surface area contributed by atoms with Crippen molar-refractivity contribution in [2.75, 3.05) is 6.54 Å². The Morgan fingerprint density at radius 3 is 2.42 bits per heavy atom. The quantitative estimate of drug-likeness (QED) is 0.518. The van der Waals surface area contributed by atoms with Gasteiger partial charge in [-0.2, -0.15) is 5.10 Å². The second-order valence-corrected chi connectivity index (χ2v) is 5.44. The Kier molecular flexibility index (Phi) is 5.94. The zero-order valence-electron chi connectivity index (χ0n) is 12.0. The maximum Gasteiger partial charge on any atom is 0.487 e. The molecule has 3 nitrogen and oxygen atoms in total. The van der Waals surface area contributed by atoms with Crippen molar-refractivity contribution in [3.8, 4) is 0 Å². The minimum Gasteiger partial charge on any atom is -0.273 e. The van der Waals surface area contributed by atoms with E-state index in [-0.39, 0.29) is 5.92 Å². The summed E-state index contributed by atoms with van der Waals surface area (Å²) in [5.74, 6) is 0.203. The van der Waals surface area contributed by atoms with E-state index in [0.717, 1.165) is 32.0 Å². The predicted molar refractivity (Wildman–Crippen MR) is 70.5 cm³/mol. The smallest absolute Gasteiger partial charge is 0.273 e. The third kappa shape index (κ3) is 4.91. The molecule has 0 bridgehead atoms. The number of hydrogen-bond acceptors (Lipinski definition) is 3. The van der Waals surface area contributed by atoms with Gasteiger partial charge in [-0.05, 0) is 18.8 Å². The molecule has 0 aliphatic carbocycles. The van der Waals surface area contributed by atoms with Crippen molar-refractivity contribution in [3.63, 3.8) is 0 Å². The molecule has 0 N–H and O–H groups in total. The molecule has 0 radical (unpaired) electrons. The standard InChI is InChI=1S/C13H24F3N3/c1-4-5-6-7-8-19-12(9-11(2)3)18(10-17-19)13(14,15)16/h10-12H,4-9H2,1-3H3. The molecule has 0 fully saturated rings. The molecule has 1 unspecified atom stereocenters. The van der Waals surface area contributed by atoms with Crippen molar-refractivity contribution >= 4 is 6.34 Å². The molecule has 0 saturated heterocycles. The highest BCUT2D eigenvalue weighted by Crippen LogP contribution is 2.30. The topological polar surface area (TPSA) is 18.8 Å². The highest BCUT2D eigenvalue weighted by atomic mass is 19.4. The van der Waals surface area contributed by atoms with Crippen LogP contribution in [0.25, 0.3) is 0 Å². The van der Waals surface area contributed by atoms with E-state index in [1.54, 1.807) is 5.01 Å². The highest BCUT2D eigenvalue weighted by Gasteiger charge is 2.45. The maximum absolute atomic E-state index is 12.9. The summed E-state index contributed by atoms with van der Waals surface area (Å²) in [5, 5.41) is 5.52. The Balaban J connectivity index is 2.57. The van der Waals surface area contributed by atoms with Crippen molar-refractivity contribution in [1.29, 1.82) is 0 Å². The van der Waals surface area contributed by atoms with Crippen LogP contribution in [0.4, 0.5) is 13.2 Å². The van der Waals surface area contributed by atoms with Gasteiger partial charge in [-0.15, -0.1) is 13.2 Å². The van der Waals surface area contributed by atoms with Crippen LogP contribution < -0.4 is 0 Å². The maximum atomic E-state index is 12.9. The number of hydrogen-bond donors (Lipinski definition) is 0. The molecule has 1 rings (SSSR count). The number of nitrogens with zero attached hydrogens (tertiary/aromatic N) is 3. The molecule has 6 heteroatoms. The van der Waals surface area contributed by atoms with E-state index in [4.69, 9.17) is 0 Å². The van der Waals surface area contributed by atoms with Gasteiger partial charge in [0, 0.05) is 6.54 Å². The fourth-order valence-electron chi connectivity index (χ4n) is 2.22. The first kappa shape index (κ1) is 16.1. The van der Waals surface area contributed by atoms with Gasteiger partial charge in [0.2, 0.25) is 0 Å². The Morgan fingerprint density at radius 2 is 1.89 bits per heavy atom. The largest absolute Gasteiger partial charge is 0.487 e. The molecule has 0 aromatic carbocycles. The molecule has 19 heavy (non-hydrogen) atoms.